The number of nitrogens with one attached hydrogen (secondary N) is 1. The van der Waals surface area contributed by atoms with Gasteiger partial charge in [-0.2, -0.15) is 0 Å². The van der Waals surface area contributed by atoms with Gasteiger partial charge in [0, 0.05) is 38.0 Å². The predicted octanol–water partition coefficient (Wildman–Crippen LogP) is 3.91. The maximum Gasteiger partial charge on any atom is 0.220 e. The van der Waals surface area contributed by atoms with Crippen molar-refractivity contribution < 1.29 is 18.3 Å². The minimum atomic E-state index is -0.300. The Labute approximate surface area is 187 Å². The van der Waals surface area contributed by atoms with E-state index in [-0.39, 0.29) is 24.2 Å². The van der Waals surface area contributed by atoms with E-state index in [0.29, 0.717) is 37.8 Å². The van der Waals surface area contributed by atoms with Gasteiger partial charge in [0.05, 0.1) is 25.5 Å². The van der Waals surface area contributed by atoms with E-state index in [2.05, 4.69) is 46.4 Å². The van der Waals surface area contributed by atoms with Gasteiger partial charge in [0.15, 0.2) is 11.7 Å². The van der Waals surface area contributed by atoms with Gasteiger partial charge in [0.25, 0.3) is 0 Å². The van der Waals surface area contributed by atoms with E-state index < -0.39 is 0 Å². The lowest BCUT2D eigenvalue weighted by atomic mass is 10.0. The van der Waals surface area contributed by atoms with Crippen molar-refractivity contribution in [3.8, 4) is 11.3 Å². The molecule has 1 aromatic heterocycles. The fraction of sp³-hybridized carbons (Fsp3) is 0.360. The van der Waals surface area contributed by atoms with Gasteiger partial charge in [-0.05, 0) is 36.8 Å². The van der Waals surface area contributed by atoms with Crippen LogP contribution in [0, 0.1) is 12.7 Å². The summed E-state index contributed by atoms with van der Waals surface area (Å²) in [6, 6.07) is 14.6. The summed E-state index contributed by atoms with van der Waals surface area (Å²) >= 11 is 0. The zero-order chi connectivity index (χ0) is 22.3. The van der Waals surface area contributed by atoms with Crippen LogP contribution in [0.5, 0.6) is 0 Å². The third kappa shape index (κ3) is 5.81. The molecule has 1 unspecified atom stereocenters. The number of aryl methyl sites for hydroxylation is 2. The van der Waals surface area contributed by atoms with Gasteiger partial charge in [-0.3, -0.25) is 9.69 Å². The van der Waals surface area contributed by atoms with Gasteiger partial charge < -0.3 is 14.5 Å². The molecule has 6 nitrogen and oxygen atoms in total. The van der Waals surface area contributed by atoms with Crippen molar-refractivity contribution >= 4 is 5.91 Å². The van der Waals surface area contributed by atoms with Gasteiger partial charge in [-0.15, -0.1) is 0 Å². The van der Waals surface area contributed by atoms with Crippen LogP contribution in [0.1, 0.15) is 29.5 Å². The molecule has 1 aliphatic rings. The van der Waals surface area contributed by atoms with E-state index in [0.717, 1.165) is 18.7 Å². The highest BCUT2D eigenvalue weighted by Gasteiger charge is 2.23. The number of hydrogen-bond acceptors (Lipinski definition) is 5. The molecule has 0 aliphatic carbocycles. The van der Waals surface area contributed by atoms with Crippen LogP contribution in [0.15, 0.2) is 59.1 Å². The van der Waals surface area contributed by atoms with Crippen molar-refractivity contribution in [1.82, 2.24) is 15.2 Å². The highest BCUT2D eigenvalue weighted by atomic mass is 19.1. The van der Waals surface area contributed by atoms with E-state index in [1.165, 1.54) is 23.3 Å². The molecule has 168 valence electrons. The first-order chi connectivity index (χ1) is 15.6. The lowest BCUT2D eigenvalue weighted by Crippen LogP contribution is -2.43. The number of halogens is 1. The molecule has 2 aromatic carbocycles. The summed E-state index contributed by atoms with van der Waals surface area (Å²) in [5.41, 5.74) is 3.15. The predicted molar refractivity (Wildman–Crippen MR) is 120 cm³/mol. The molecule has 1 atom stereocenters. The molecular formula is C25H28FN3O3. The summed E-state index contributed by atoms with van der Waals surface area (Å²) in [6.45, 7) is 5.70. The number of rotatable bonds is 8. The molecule has 4 rings (SSSR count). The number of benzene rings is 2. The highest BCUT2D eigenvalue weighted by Crippen LogP contribution is 2.23. The maximum atomic E-state index is 13.1. The molecule has 3 aromatic rings. The van der Waals surface area contributed by atoms with Crippen molar-refractivity contribution in [1.29, 1.82) is 0 Å². The summed E-state index contributed by atoms with van der Waals surface area (Å²) in [4.78, 5) is 19.1. The summed E-state index contributed by atoms with van der Waals surface area (Å²) in [6.07, 6.45) is 2.29. The number of nitrogens with zero attached hydrogens (tertiary/aromatic N) is 2. The third-order valence-corrected chi connectivity index (χ3v) is 5.69. The van der Waals surface area contributed by atoms with E-state index in [1.807, 2.05) is 0 Å². The Kier molecular flexibility index (Phi) is 7.29. The lowest BCUT2D eigenvalue weighted by Gasteiger charge is -2.35. The van der Waals surface area contributed by atoms with E-state index in [4.69, 9.17) is 9.15 Å². The number of carbonyl (C=O) groups is 1. The topological polar surface area (TPSA) is 67.6 Å². The van der Waals surface area contributed by atoms with Crippen LogP contribution in [-0.4, -0.2) is 48.6 Å². The molecule has 1 fully saturated rings. The van der Waals surface area contributed by atoms with Crippen LogP contribution in [-0.2, 0) is 16.0 Å². The van der Waals surface area contributed by atoms with Crippen LogP contribution in [0.25, 0.3) is 11.3 Å². The van der Waals surface area contributed by atoms with Gasteiger partial charge >= 0.3 is 0 Å². The first-order valence-electron chi connectivity index (χ1n) is 10.9. The SMILES string of the molecule is Cc1ccc(C(CNC(=O)CCc2ncc(-c3ccc(F)cc3)o2)N2CCOCC2)cc1. The first kappa shape index (κ1) is 22.2. The number of carbonyl (C=O) groups excluding carboxylic acids is 1. The average Bonchev–Trinajstić information content (AvgIpc) is 3.29. The summed E-state index contributed by atoms with van der Waals surface area (Å²) in [7, 11) is 0. The fourth-order valence-electron chi connectivity index (χ4n) is 3.83. The quantitative estimate of drug-likeness (QED) is 0.579. The first-order valence-corrected chi connectivity index (χ1v) is 10.9. The van der Waals surface area contributed by atoms with Crippen LogP contribution in [0.2, 0.25) is 0 Å². The van der Waals surface area contributed by atoms with Gasteiger partial charge in [-0.1, -0.05) is 29.8 Å². The van der Waals surface area contributed by atoms with E-state index in [9.17, 15) is 9.18 Å². The molecule has 1 aliphatic heterocycles. The van der Waals surface area contributed by atoms with Crippen molar-refractivity contribution in [3.05, 3.63) is 77.6 Å². The normalized spacial score (nSPS) is 15.4. The zero-order valence-corrected chi connectivity index (χ0v) is 18.2. The number of aromatic nitrogens is 1. The molecule has 0 spiro atoms. The summed E-state index contributed by atoms with van der Waals surface area (Å²) in [5, 5.41) is 3.08. The molecule has 1 saturated heterocycles. The molecular weight excluding hydrogens is 409 g/mol. The summed E-state index contributed by atoms with van der Waals surface area (Å²) < 4.78 is 24.3. The molecule has 32 heavy (non-hydrogen) atoms. The maximum absolute atomic E-state index is 13.1. The lowest BCUT2D eigenvalue weighted by molar-refractivity contribution is -0.121. The minimum Gasteiger partial charge on any atom is -0.441 e. The van der Waals surface area contributed by atoms with Crippen molar-refractivity contribution in [3.63, 3.8) is 0 Å². The second-order valence-electron chi connectivity index (χ2n) is 8.00. The van der Waals surface area contributed by atoms with Crippen molar-refractivity contribution in [2.75, 3.05) is 32.8 Å². The monoisotopic (exact) mass is 437 g/mol. The number of hydrogen-bond donors (Lipinski definition) is 1. The van der Waals surface area contributed by atoms with E-state index >= 15 is 0 Å². The number of ether oxygens (including phenoxy) is 1. The third-order valence-electron chi connectivity index (χ3n) is 5.69. The van der Waals surface area contributed by atoms with Crippen LogP contribution >= 0.6 is 0 Å². The van der Waals surface area contributed by atoms with Gasteiger partial charge in [-0.25, -0.2) is 9.37 Å². The Morgan fingerprint density at radius 2 is 1.84 bits per heavy atom. The molecule has 7 heteroatoms. The Morgan fingerprint density at radius 1 is 1.12 bits per heavy atom. The molecule has 0 radical (unpaired) electrons. The molecule has 1 amide bonds. The Hall–Kier alpha value is -3.03. The summed E-state index contributed by atoms with van der Waals surface area (Å²) in [5.74, 6) is 0.706. The fourth-order valence-corrected chi connectivity index (χ4v) is 3.83. The molecule has 0 bridgehead atoms. The number of amides is 1. The number of oxazole rings is 1. The van der Waals surface area contributed by atoms with E-state index in [1.54, 1.807) is 18.3 Å². The second-order valence-corrected chi connectivity index (χ2v) is 8.00. The zero-order valence-electron chi connectivity index (χ0n) is 18.2. The minimum absolute atomic E-state index is 0.0445. The molecule has 1 N–H and O–H groups in total. The van der Waals surface area contributed by atoms with Gasteiger partial charge in [0.2, 0.25) is 5.91 Å². The van der Waals surface area contributed by atoms with Crippen molar-refractivity contribution in [2.24, 2.45) is 0 Å². The largest absolute Gasteiger partial charge is 0.441 e. The van der Waals surface area contributed by atoms with Crippen molar-refractivity contribution in [2.45, 2.75) is 25.8 Å². The van der Waals surface area contributed by atoms with Crippen LogP contribution < -0.4 is 5.32 Å². The highest BCUT2D eigenvalue weighted by molar-refractivity contribution is 5.76. The Balaban J connectivity index is 1.32. The molecule has 0 saturated carbocycles. The Morgan fingerprint density at radius 3 is 2.56 bits per heavy atom. The standard InChI is InChI=1S/C25H28FN3O3/c1-18-2-4-19(5-3-18)22(29-12-14-31-15-13-29)16-27-24(30)10-11-25-28-17-23(32-25)20-6-8-21(26)9-7-20/h2-9,17,22H,10-16H2,1H3,(H,27,30). The van der Waals surface area contributed by atoms with Crippen LogP contribution in [0.3, 0.4) is 0 Å². The molecule has 2 heterocycles. The second kappa shape index (κ2) is 10.5. The van der Waals surface area contributed by atoms with Crippen LogP contribution in [0.4, 0.5) is 4.39 Å². The number of morpholine rings is 1. The average molecular weight is 438 g/mol. The Bertz CT molecular complexity index is 1010. The smallest absolute Gasteiger partial charge is 0.220 e. The van der Waals surface area contributed by atoms with Gasteiger partial charge in [0.1, 0.15) is 5.82 Å².